The number of ether oxygens (including phenoxy) is 2. The van der Waals surface area contributed by atoms with E-state index in [0.717, 1.165) is 43.7 Å². The lowest BCUT2D eigenvalue weighted by molar-refractivity contribution is -0.132. The van der Waals surface area contributed by atoms with Gasteiger partial charge in [-0.1, -0.05) is 32.9 Å². The Morgan fingerprint density at radius 3 is 2.40 bits per heavy atom. The van der Waals surface area contributed by atoms with E-state index in [1.54, 1.807) is 0 Å². The van der Waals surface area contributed by atoms with Crippen molar-refractivity contribution in [2.75, 3.05) is 13.2 Å². The van der Waals surface area contributed by atoms with Crippen LogP contribution in [0.5, 0.6) is 5.75 Å². The number of nitrogens with zero attached hydrogens (tertiary/aromatic N) is 1. The molecule has 1 amide bonds. The normalized spacial score (nSPS) is 19.7. The highest BCUT2D eigenvalue weighted by Gasteiger charge is 2.34. The van der Waals surface area contributed by atoms with Gasteiger partial charge < -0.3 is 14.4 Å². The van der Waals surface area contributed by atoms with Crippen molar-refractivity contribution in [2.24, 2.45) is 17.8 Å². The van der Waals surface area contributed by atoms with Crippen LogP contribution in [0.25, 0.3) is 0 Å². The predicted octanol–water partition coefficient (Wildman–Crippen LogP) is 6.08. The fourth-order valence-electron chi connectivity index (χ4n) is 4.74. The van der Waals surface area contributed by atoms with Crippen LogP contribution < -0.4 is 4.74 Å². The Labute approximate surface area is 184 Å². The minimum absolute atomic E-state index is 0.0330. The van der Waals surface area contributed by atoms with Crippen LogP contribution in [-0.2, 0) is 16.1 Å². The smallest absolute Gasteiger partial charge is 0.222 e. The predicted molar refractivity (Wildman–Crippen MR) is 124 cm³/mol. The van der Waals surface area contributed by atoms with Gasteiger partial charge in [0.15, 0.2) is 0 Å². The molecule has 1 aromatic rings. The first-order valence-corrected chi connectivity index (χ1v) is 11.8. The second-order valence-electron chi connectivity index (χ2n) is 10.0. The van der Waals surface area contributed by atoms with Gasteiger partial charge in [-0.3, -0.25) is 4.79 Å². The van der Waals surface area contributed by atoms with Crippen molar-refractivity contribution in [3.63, 3.8) is 0 Å². The molecule has 0 bridgehead atoms. The maximum atomic E-state index is 12.7. The third-order valence-electron chi connectivity index (χ3n) is 6.25. The lowest BCUT2D eigenvalue weighted by Crippen LogP contribution is -2.39. The number of carbonyl (C=O) groups is 1. The molecule has 1 aliphatic rings. The molecule has 0 N–H and O–H groups in total. The lowest BCUT2D eigenvalue weighted by Gasteiger charge is -2.41. The van der Waals surface area contributed by atoms with Crippen LogP contribution in [0, 0.1) is 17.8 Å². The molecular formula is C26H43NO3. The number of hydrogen-bond acceptors (Lipinski definition) is 3. The van der Waals surface area contributed by atoms with Crippen molar-refractivity contribution in [3.05, 3.63) is 29.8 Å². The third kappa shape index (κ3) is 7.61. The van der Waals surface area contributed by atoms with Gasteiger partial charge in [-0.05, 0) is 82.4 Å². The molecule has 0 saturated carbocycles. The van der Waals surface area contributed by atoms with Gasteiger partial charge in [-0.15, -0.1) is 0 Å². The molecule has 1 heterocycles. The van der Waals surface area contributed by atoms with Crippen LogP contribution in [0.4, 0.5) is 0 Å². The Bertz CT molecular complexity index is 651. The molecule has 0 aromatic heterocycles. The molecule has 0 radical (unpaired) electrons. The molecule has 4 heteroatoms. The molecule has 30 heavy (non-hydrogen) atoms. The SMILES string of the molecule is CCC(=O)N(CC[C@H](C(C)C)[C@H]1CCOC(C)(C)C1)Cc1ccc(OC(C)C)cc1. The highest BCUT2D eigenvalue weighted by Crippen LogP contribution is 2.38. The number of amides is 1. The number of rotatable bonds is 10. The Kier molecular flexibility index (Phi) is 9.21. The quantitative estimate of drug-likeness (QED) is 0.463. The largest absolute Gasteiger partial charge is 0.491 e. The van der Waals surface area contributed by atoms with Crippen molar-refractivity contribution in [1.29, 1.82) is 0 Å². The Hall–Kier alpha value is -1.55. The fourth-order valence-corrected chi connectivity index (χ4v) is 4.74. The molecule has 4 nitrogen and oxygen atoms in total. The van der Waals surface area contributed by atoms with Crippen LogP contribution in [0.3, 0.4) is 0 Å². The van der Waals surface area contributed by atoms with Gasteiger partial charge in [0.2, 0.25) is 5.91 Å². The van der Waals surface area contributed by atoms with Gasteiger partial charge in [0.25, 0.3) is 0 Å². The van der Waals surface area contributed by atoms with Gasteiger partial charge in [0, 0.05) is 26.1 Å². The van der Waals surface area contributed by atoms with E-state index in [9.17, 15) is 4.79 Å². The molecule has 0 unspecified atom stereocenters. The maximum Gasteiger partial charge on any atom is 0.222 e. The van der Waals surface area contributed by atoms with Gasteiger partial charge >= 0.3 is 0 Å². The first-order chi connectivity index (χ1) is 14.1. The van der Waals surface area contributed by atoms with E-state index in [2.05, 4.69) is 39.8 Å². The van der Waals surface area contributed by atoms with E-state index >= 15 is 0 Å². The van der Waals surface area contributed by atoms with E-state index in [1.807, 2.05) is 37.8 Å². The van der Waals surface area contributed by atoms with Gasteiger partial charge in [-0.25, -0.2) is 0 Å². The van der Waals surface area contributed by atoms with E-state index in [-0.39, 0.29) is 17.6 Å². The molecule has 0 aliphatic carbocycles. The summed E-state index contributed by atoms with van der Waals surface area (Å²) in [6.45, 7) is 17.4. The number of hydrogen-bond donors (Lipinski definition) is 0. The third-order valence-corrected chi connectivity index (χ3v) is 6.25. The summed E-state index contributed by atoms with van der Waals surface area (Å²) in [6, 6.07) is 8.17. The summed E-state index contributed by atoms with van der Waals surface area (Å²) in [4.78, 5) is 14.7. The molecule has 1 saturated heterocycles. The summed E-state index contributed by atoms with van der Waals surface area (Å²) in [5.74, 6) is 2.99. The molecule has 2 rings (SSSR count). The summed E-state index contributed by atoms with van der Waals surface area (Å²) in [5, 5.41) is 0. The van der Waals surface area contributed by atoms with Crippen molar-refractivity contribution < 1.29 is 14.3 Å². The van der Waals surface area contributed by atoms with Crippen LogP contribution in [0.1, 0.15) is 79.7 Å². The highest BCUT2D eigenvalue weighted by atomic mass is 16.5. The standard InChI is InChI=1S/C26H43NO3/c1-8-25(28)27(18-21-9-11-23(12-10-21)30-20(4)5)15-13-24(19(2)3)22-14-16-29-26(6,7)17-22/h9-12,19-20,22,24H,8,13-18H2,1-7H3/t22-,24+/m0/s1. The zero-order chi connectivity index (χ0) is 22.3. The Morgan fingerprint density at radius 1 is 1.20 bits per heavy atom. The average Bonchev–Trinajstić information content (AvgIpc) is 2.66. The summed E-state index contributed by atoms with van der Waals surface area (Å²) in [6.07, 6.45) is 4.00. The highest BCUT2D eigenvalue weighted by molar-refractivity contribution is 5.75. The van der Waals surface area contributed by atoms with Crippen LogP contribution >= 0.6 is 0 Å². The molecule has 1 fully saturated rings. The topological polar surface area (TPSA) is 38.8 Å². The second-order valence-corrected chi connectivity index (χ2v) is 10.0. The molecular weight excluding hydrogens is 374 g/mol. The minimum Gasteiger partial charge on any atom is -0.491 e. The first kappa shape index (κ1) is 24.7. The van der Waals surface area contributed by atoms with Crippen molar-refractivity contribution >= 4 is 5.91 Å². The minimum atomic E-state index is -0.0330. The molecule has 2 atom stereocenters. The van der Waals surface area contributed by atoms with Crippen molar-refractivity contribution in [1.82, 2.24) is 4.90 Å². The van der Waals surface area contributed by atoms with E-state index < -0.39 is 0 Å². The van der Waals surface area contributed by atoms with Crippen molar-refractivity contribution in [2.45, 2.75) is 92.4 Å². The summed E-state index contributed by atoms with van der Waals surface area (Å²) in [7, 11) is 0. The zero-order valence-corrected chi connectivity index (χ0v) is 20.2. The number of benzene rings is 1. The second kappa shape index (κ2) is 11.2. The van der Waals surface area contributed by atoms with E-state index in [0.29, 0.717) is 30.7 Å². The van der Waals surface area contributed by atoms with Crippen molar-refractivity contribution in [3.8, 4) is 5.75 Å². The summed E-state index contributed by atoms with van der Waals surface area (Å²) in [5.41, 5.74) is 1.12. The van der Waals surface area contributed by atoms with Gasteiger partial charge in [-0.2, -0.15) is 0 Å². The average molecular weight is 418 g/mol. The molecule has 1 aromatic carbocycles. The Morgan fingerprint density at radius 2 is 1.87 bits per heavy atom. The van der Waals surface area contributed by atoms with Gasteiger partial charge in [0.1, 0.15) is 5.75 Å². The molecule has 170 valence electrons. The lowest BCUT2D eigenvalue weighted by atomic mass is 9.73. The van der Waals surface area contributed by atoms with Crippen LogP contribution in [0.2, 0.25) is 0 Å². The Balaban J connectivity index is 2.03. The molecule has 0 spiro atoms. The zero-order valence-electron chi connectivity index (χ0n) is 20.2. The fraction of sp³-hybridized carbons (Fsp3) is 0.731. The van der Waals surface area contributed by atoms with Crippen LogP contribution in [0.15, 0.2) is 24.3 Å². The first-order valence-electron chi connectivity index (χ1n) is 11.8. The maximum absolute atomic E-state index is 12.7. The molecule has 1 aliphatic heterocycles. The van der Waals surface area contributed by atoms with E-state index in [1.165, 1.54) is 0 Å². The summed E-state index contributed by atoms with van der Waals surface area (Å²) < 4.78 is 11.7. The van der Waals surface area contributed by atoms with Crippen LogP contribution in [-0.4, -0.2) is 35.7 Å². The number of carbonyl (C=O) groups excluding carboxylic acids is 1. The summed E-state index contributed by atoms with van der Waals surface area (Å²) >= 11 is 0. The van der Waals surface area contributed by atoms with Gasteiger partial charge in [0.05, 0.1) is 11.7 Å². The van der Waals surface area contributed by atoms with E-state index in [4.69, 9.17) is 9.47 Å². The monoisotopic (exact) mass is 417 g/mol.